The van der Waals surface area contributed by atoms with Crippen molar-refractivity contribution >= 4 is 39.1 Å². The highest BCUT2D eigenvalue weighted by molar-refractivity contribution is 7.89. The summed E-state index contributed by atoms with van der Waals surface area (Å²) in [6.07, 6.45) is 0.882. The van der Waals surface area contributed by atoms with E-state index in [4.69, 9.17) is 27.9 Å². The summed E-state index contributed by atoms with van der Waals surface area (Å²) >= 11 is 12.1. The van der Waals surface area contributed by atoms with E-state index < -0.39 is 10.0 Å². The summed E-state index contributed by atoms with van der Waals surface area (Å²) < 4.78 is 32.6. The van der Waals surface area contributed by atoms with E-state index in [2.05, 4.69) is 19.2 Å². The number of piperidine rings is 1. The molecule has 1 heterocycles. The molecule has 2 aromatic rings. The minimum Gasteiger partial charge on any atom is -0.497 e. The summed E-state index contributed by atoms with van der Waals surface area (Å²) in [6.45, 7) is 4.61. The maximum absolute atomic E-state index is 13.0. The van der Waals surface area contributed by atoms with E-state index in [-0.39, 0.29) is 46.8 Å². The van der Waals surface area contributed by atoms with E-state index in [1.807, 2.05) is 24.3 Å². The second-order valence-corrected chi connectivity index (χ2v) is 11.0. The molecule has 0 spiro atoms. The van der Waals surface area contributed by atoms with E-state index in [0.717, 1.165) is 11.3 Å². The molecule has 1 N–H and O–H groups in total. The lowest BCUT2D eigenvalue weighted by molar-refractivity contribution is -0.127. The van der Waals surface area contributed by atoms with Gasteiger partial charge in [0.25, 0.3) is 0 Å². The number of hydrogen-bond donors (Lipinski definition) is 1. The number of amides is 1. The number of rotatable bonds is 7. The number of hydrogen-bond acceptors (Lipinski definition) is 4. The third-order valence-corrected chi connectivity index (χ3v) is 8.39. The van der Waals surface area contributed by atoms with Crippen molar-refractivity contribution in [2.75, 3.05) is 20.2 Å². The Kier molecular flexibility index (Phi) is 8.09. The van der Waals surface area contributed by atoms with Crippen LogP contribution in [-0.4, -0.2) is 38.8 Å². The third-order valence-electron chi connectivity index (χ3n) is 5.78. The third kappa shape index (κ3) is 5.57. The summed E-state index contributed by atoms with van der Waals surface area (Å²) in [5, 5.41) is 3.59. The first-order valence-electron chi connectivity index (χ1n) is 10.5. The molecule has 1 amide bonds. The summed E-state index contributed by atoms with van der Waals surface area (Å²) in [7, 11) is -2.16. The number of nitrogens with zero attached hydrogens (tertiary/aromatic N) is 1. The van der Waals surface area contributed by atoms with Crippen molar-refractivity contribution in [2.45, 2.75) is 37.6 Å². The van der Waals surface area contributed by atoms with Crippen LogP contribution in [0.2, 0.25) is 10.0 Å². The van der Waals surface area contributed by atoms with Crippen LogP contribution in [0.3, 0.4) is 0 Å². The zero-order valence-electron chi connectivity index (χ0n) is 18.3. The first kappa shape index (κ1) is 24.8. The van der Waals surface area contributed by atoms with Gasteiger partial charge in [-0.1, -0.05) is 49.2 Å². The van der Waals surface area contributed by atoms with E-state index in [0.29, 0.717) is 17.9 Å². The normalized spacial score (nSPS) is 16.7. The summed E-state index contributed by atoms with van der Waals surface area (Å²) in [4.78, 5) is 13.0. The fraction of sp³-hybridized carbons (Fsp3) is 0.435. The molecule has 9 heteroatoms. The summed E-state index contributed by atoms with van der Waals surface area (Å²) in [6, 6.07) is 11.9. The lowest BCUT2D eigenvalue weighted by Crippen LogP contribution is -2.44. The SMILES string of the molecule is COc1ccc(C(NC(=O)C2CCN(S(=O)(=O)c3cc(Cl)ccc3Cl)CC2)C(C)C)cc1. The highest BCUT2D eigenvalue weighted by Crippen LogP contribution is 2.31. The number of carbonyl (C=O) groups is 1. The van der Waals surface area contributed by atoms with E-state index in [1.165, 1.54) is 16.4 Å². The molecule has 0 radical (unpaired) electrons. The predicted octanol–water partition coefficient (Wildman–Crippen LogP) is 4.92. The maximum atomic E-state index is 13.0. The minimum absolute atomic E-state index is 0.00561. The van der Waals surface area contributed by atoms with Gasteiger partial charge in [-0.15, -0.1) is 0 Å². The molecular formula is C23H28Cl2N2O4S. The van der Waals surface area contributed by atoms with Gasteiger partial charge in [0.1, 0.15) is 10.6 Å². The van der Waals surface area contributed by atoms with E-state index in [9.17, 15) is 13.2 Å². The second-order valence-electron chi connectivity index (χ2n) is 8.26. The fourth-order valence-corrected chi connectivity index (χ4v) is 6.10. The van der Waals surface area contributed by atoms with Gasteiger partial charge in [0.15, 0.2) is 0 Å². The van der Waals surface area contributed by atoms with Crippen molar-refractivity contribution in [1.82, 2.24) is 9.62 Å². The fourth-order valence-electron chi connectivity index (χ4n) is 3.89. The van der Waals surface area contributed by atoms with Crippen LogP contribution in [-0.2, 0) is 14.8 Å². The number of benzene rings is 2. The van der Waals surface area contributed by atoms with Gasteiger partial charge in [0.2, 0.25) is 15.9 Å². The van der Waals surface area contributed by atoms with Crippen molar-refractivity contribution in [3.63, 3.8) is 0 Å². The quantitative estimate of drug-likeness (QED) is 0.587. The molecule has 0 aromatic heterocycles. The number of ether oxygens (including phenoxy) is 1. The van der Waals surface area contributed by atoms with Crippen molar-refractivity contribution in [3.8, 4) is 5.75 Å². The number of sulfonamides is 1. The number of nitrogens with one attached hydrogen (secondary N) is 1. The molecule has 1 atom stereocenters. The van der Waals surface area contributed by atoms with Crippen LogP contribution in [0.25, 0.3) is 0 Å². The van der Waals surface area contributed by atoms with Crippen LogP contribution in [0, 0.1) is 11.8 Å². The molecule has 0 aliphatic carbocycles. The molecule has 3 rings (SSSR count). The van der Waals surface area contributed by atoms with Gasteiger partial charge in [-0.3, -0.25) is 4.79 Å². The lowest BCUT2D eigenvalue weighted by Gasteiger charge is -2.32. The Morgan fingerprint density at radius 3 is 2.28 bits per heavy atom. The highest BCUT2D eigenvalue weighted by atomic mass is 35.5. The zero-order valence-corrected chi connectivity index (χ0v) is 20.7. The molecule has 6 nitrogen and oxygen atoms in total. The van der Waals surface area contributed by atoms with Crippen LogP contribution in [0.1, 0.15) is 38.3 Å². The molecular weight excluding hydrogens is 471 g/mol. The van der Waals surface area contributed by atoms with Crippen LogP contribution < -0.4 is 10.1 Å². The molecule has 1 aliphatic heterocycles. The average Bonchev–Trinajstić information content (AvgIpc) is 2.78. The van der Waals surface area contributed by atoms with Gasteiger partial charge in [0, 0.05) is 24.0 Å². The van der Waals surface area contributed by atoms with Gasteiger partial charge in [-0.2, -0.15) is 4.31 Å². The first-order valence-corrected chi connectivity index (χ1v) is 12.7. The van der Waals surface area contributed by atoms with Crippen molar-refractivity contribution in [3.05, 3.63) is 58.1 Å². The Hall–Kier alpha value is -1.80. The molecule has 1 aliphatic rings. The molecule has 1 fully saturated rings. The summed E-state index contributed by atoms with van der Waals surface area (Å²) in [5.74, 6) is 0.641. The van der Waals surface area contributed by atoms with Crippen LogP contribution >= 0.6 is 23.2 Å². The highest BCUT2D eigenvalue weighted by Gasteiger charge is 2.34. The Labute approximate surface area is 199 Å². The minimum atomic E-state index is -3.78. The molecule has 32 heavy (non-hydrogen) atoms. The lowest BCUT2D eigenvalue weighted by atomic mass is 9.92. The number of methoxy groups -OCH3 is 1. The largest absolute Gasteiger partial charge is 0.497 e. The van der Waals surface area contributed by atoms with Gasteiger partial charge in [-0.05, 0) is 54.7 Å². The van der Waals surface area contributed by atoms with Gasteiger partial charge >= 0.3 is 0 Å². The van der Waals surface area contributed by atoms with Crippen molar-refractivity contribution in [2.24, 2.45) is 11.8 Å². The van der Waals surface area contributed by atoms with Gasteiger partial charge in [-0.25, -0.2) is 8.42 Å². The molecule has 1 saturated heterocycles. The molecule has 0 bridgehead atoms. The molecule has 174 valence electrons. The first-order chi connectivity index (χ1) is 15.1. The summed E-state index contributed by atoms with van der Waals surface area (Å²) in [5.41, 5.74) is 1.00. The molecule has 0 saturated carbocycles. The van der Waals surface area contributed by atoms with Crippen LogP contribution in [0.4, 0.5) is 0 Å². The average molecular weight is 499 g/mol. The van der Waals surface area contributed by atoms with E-state index in [1.54, 1.807) is 13.2 Å². The van der Waals surface area contributed by atoms with Gasteiger partial charge in [0.05, 0.1) is 18.2 Å². The Balaban J connectivity index is 1.66. The Bertz CT molecular complexity index is 1050. The Morgan fingerprint density at radius 2 is 1.72 bits per heavy atom. The molecule has 1 unspecified atom stereocenters. The maximum Gasteiger partial charge on any atom is 0.244 e. The van der Waals surface area contributed by atoms with Crippen molar-refractivity contribution in [1.29, 1.82) is 0 Å². The topological polar surface area (TPSA) is 75.7 Å². The number of halogens is 2. The second kappa shape index (κ2) is 10.4. The predicted molar refractivity (Wildman–Crippen MR) is 127 cm³/mol. The zero-order chi connectivity index (χ0) is 23.5. The molecule has 2 aromatic carbocycles. The van der Waals surface area contributed by atoms with E-state index >= 15 is 0 Å². The van der Waals surface area contributed by atoms with Crippen LogP contribution in [0.15, 0.2) is 47.4 Å². The van der Waals surface area contributed by atoms with Gasteiger partial charge < -0.3 is 10.1 Å². The van der Waals surface area contributed by atoms with Crippen LogP contribution in [0.5, 0.6) is 5.75 Å². The number of carbonyl (C=O) groups excluding carboxylic acids is 1. The smallest absolute Gasteiger partial charge is 0.244 e. The standard InChI is InChI=1S/C23H28Cl2N2O4S/c1-15(2)22(16-4-7-19(31-3)8-5-16)26-23(28)17-10-12-27(13-11-17)32(29,30)21-14-18(24)6-9-20(21)25/h4-9,14-15,17,22H,10-13H2,1-3H3,(H,26,28). The monoisotopic (exact) mass is 498 g/mol. The van der Waals surface area contributed by atoms with Crippen molar-refractivity contribution < 1.29 is 17.9 Å². The Morgan fingerprint density at radius 1 is 1.09 bits per heavy atom.